The van der Waals surface area contributed by atoms with Gasteiger partial charge in [0.2, 0.25) is 11.9 Å². The van der Waals surface area contributed by atoms with Gasteiger partial charge in [0.05, 0.1) is 23.2 Å². The standard InChI is InChI=1S/C22H23N5O2/c23-21(29)17-7-4-8-18-20(17)25-22(24-18)27-13-15-11-16(27)12-26(15)19(28)10-9-14-5-2-1-3-6-14/h1-8,15-16H,9-13H2,(H2,23,29)(H,24,25)/t15-,16+/m0/s1. The highest BCUT2D eigenvalue weighted by atomic mass is 16.2. The molecule has 1 aromatic heterocycles. The van der Waals surface area contributed by atoms with Gasteiger partial charge in [-0.15, -0.1) is 0 Å². The molecule has 2 amide bonds. The van der Waals surface area contributed by atoms with E-state index in [-0.39, 0.29) is 18.0 Å². The number of nitrogens with zero attached hydrogens (tertiary/aromatic N) is 3. The van der Waals surface area contributed by atoms with E-state index in [1.165, 1.54) is 5.56 Å². The van der Waals surface area contributed by atoms with Crippen LogP contribution in [0.1, 0.15) is 28.8 Å². The molecule has 148 valence electrons. The Morgan fingerprint density at radius 2 is 1.90 bits per heavy atom. The van der Waals surface area contributed by atoms with Crippen LogP contribution in [0.25, 0.3) is 11.0 Å². The lowest BCUT2D eigenvalue weighted by atomic mass is 10.1. The lowest BCUT2D eigenvalue weighted by Crippen LogP contribution is -2.49. The Bertz CT molecular complexity index is 1080. The molecule has 0 radical (unpaired) electrons. The largest absolute Gasteiger partial charge is 0.366 e. The molecule has 2 fully saturated rings. The molecule has 2 aliphatic rings. The van der Waals surface area contributed by atoms with Gasteiger partial charge < -0.3 is 20.5 Å². The van der Waals surface area contributed by atoms with Gasteiger partial charge in [0.15, 0.2) is 0 Å². The van der Waals surface area contributed by atoms with Crippen molar-refractivity contribution in [3.63, 3.8) is 0 Å². The van der Waals surface area contributed by atoms with Crippen molar-refractivity contribution in [3.8, 4) is 0 Å². The summed E-state index contributed by atoms with van der Waals surface area (Å²) in [4.78, 5) is 36.6. The highest BCUT2D eigenvalue weighted by molar-refractivity contribution is 6.04. The van der Waals surface area contributed by atoms with Gasteiger partial charge in [0.1, 0.15) is 5.52 Å². The van der Waals surface area contributed by atoms with Crippen LogP contribution in [0.2, 0.25) is 0 Å². The number of H-pyrrole nitrogens is 1. The average Bonchev–Trinajstić information content (AvgIpc) is 3.45. The Kier molecular flexibility index (Phi) is 4.23. The van der Waals surface area contributed by atoms with E-state index >= 15 is 0 Å². The fraction of sp³-hybridized carbons (Fsp3) is 0.318. The number of carbonyl (C=O) groups excluding carboxylic acids is 2. The van der Waals surface area contributed by atoms with E-state index in [0.29, 0.717) is 17.5 Å². The summed E-state index contributed by atoms with van der Waals surface area (Å²) >= 11 is 0. The third-order valence-corrected chi connectivity index (χ3v) is 6.07. The van der Waals surface area contributed by atoms with E-state index in [2.05, 4.69) is 27.0 Å². The molecular formula is C22H23N5O2. The number of para-hydroxylation sites is 1. The molecule has 0 aliphatic carbocycles. The topological polar surface area (TPSA) is 95.3 Å². The number of likely N-dealkylation sites (tertiary alicyclic amines) is 1. The molecular weight excluding hydrogens is 366 g/mol. The van der Waals surface area contributed by atoms with Gasteiger partial charge in [0.25, 0.3) is 5.91 Å². The summed E-state index contributed by atoms with van der Waals surface area (Å²) in [6, 6.07) is 16.0. The van der Waals surface area contributed by atoms with Gasteiger partial charge in [-0.05, 0) is 30.5 Å². The second-order valence-corrected chi connectivity index (χ2v) is 7.85. The number of carbonyl (C=O) groups is 2. The zero-order valence-electron chi connectivity index (χ0n) is 16.0. The van der Waals surface area contributed by atoms with E-state index in [1.54, 1.807) is 12.1 Å². The number of nitrogens with two attached hydrogens (primary N) is 1. The van der Waals surface area contributed by atoms with Crippen molar-refractivity contribution in [3.05, 3.63) is 59.7 Å². The predicted molar refractivity (Wildman–Crippen MR) is 111 cm³/mol. The average molecular weight is 389 g/mol. The molecule has 3 aromatic rings. The third-order valence-electron chi connectivity index (χ3n) is 6.07. The first-order valence-electron chi connectivity index (χ1n) is 9.99. The van der Waals surface area contributed by atoms with Crippen LogP contribution in [0.15, 0.2) is 48.5 Å². The second kappa shape index (κ2) is 6.92. The minimum atomic E-state index is -0.480. The molecule has 0 unspecified atom stereocenters. The number of amides is 2. The number of anilines is 1. The molecule has 2 aliphatic heterocycles. The summed E-state index contributed by atoms with van der Waals surface area (Å²) < 4.78 is 0. The van der Waals surface area contributed by atoms with Gasteiger partial charge in [-0.2, -0.15) is 0 Å². The highest BCUT2D eigenvalue weighted by Gasteiger charge is 2.45. The molecule has 0 spiro atoms. The third kappa shape index (κ3) is 3.12. The van der Waals surface area contributed by atoms with Crippen LogP contribution in [0.5, 0.6) is 0 Å². The van der Waals surface area contributed by atoms with Gasteiger partial charge in [-0.1, -0.05) is 36.4 Å². The lowest BCUT2D eigenvalue weighted by Gasteiger charge is -2.34. The number of aromatic amines is 1. The molecule has 3 N–H and O–H groups in total. The number of hydrogen-bond donors (Lipinski definition) is 2. The molecule has 3 heterocycles. The van der Waals surface area contributed by atoms with Crippen LogP contribution in [0.4, 0.5) is 5.95 Å². The second-order valence-electron chi connectivity index (χ2n) is 7.85. The van der Waals surface area contributed by atoms with Crippen molar-refractivity contribution in [2.75, 3.05) is 18.0 Å². The molecule has 5 rings (SSSR count). The SMILES string of the molecule is NC(=O)c1cccc2[nH]c(N3C[C@@H]4C[C@@H]3CN4C(=O)CCc3ccccc3)nc12. The summed E-state index contributed by atoms with van der Waals surface area (Å²) in [6.45, 7) is 1.48. The molecule has 2 bridgehead atoms. The van der Waals surface area contributed by atoms with Crippen molar-refractivity contribution in [2.24, 2.45) is 5.73 Å². The smallest absolute Gasteiger partial charge is 0.250 e. The number of hydrogen-bond acceptors (Lipinski definition) is 4. The van der Waals surface area contributed by atoms with Crippen molar-refractivity contribution >= 4 is 28.8 Å². The van der Waals surface area contributed by atoms with Gasteiger partial charge in [-0.3, -0.25) is 9.59 Å². The maximum absolute atomic E-state index is 12.7. The first-order chi connectivity index (χ1) is 14.1. The van der Waals surface area contributed by atoms with Crippen molar-refractivity contribution in [1.82, 2.24) is 14.9 Å². The number of nitrogens with one attached hydrogen (secondary N) is 1. The summed E-state index contributed by atoms with van der Waals surface area (Å²) in [6.07, 6.45) is 2.27. The van der Waals surface area contributed by atoms with E-state index in [4.69, 9.17) is 5.73 Å². The number of fused-ring (bicyclic) bond motifs is 3. The van der Waals surface area contributed by atoms with Crippen LogP contribution in [0.3, 0.4) is 0 Å². The number of rotatable bonds is 5. The zero-order valence-corrected chi connectivity index (χ0v) is 16.0. The first-order valence-corrected chi connectivity index (χ1v) is 9.99. The predicted octanol–water partition coefficient (Wildman–Crippen LogP) is 2.08. The fourth-order valence-electron chi connectivity index (χ4n) is 4.63. The van der Waals surface area contributed by atoms with Crippen LogP contribution in [-0.2, 0) is 11.2 Å². The van der Waals surface area contributed by atoms with E-state index < -0.39 is 5.91 Å². The van der Waals surface area contributed by atoms with E-state index in [0.717, 1.165) is 37.4 Å². The van der Waals surface area contributed by atoms with Crippen molar-refractivity contribution < 1.29 is 9.59 Å². The van der Waals surface area contributed by atoms with Crippen LogP contribution in [0, 0.1) is 0 Å². The Morgan fingerprint density at radius 3 is 2.62 bits per heavy atom. The summed E-state index contributed by atoms with van der Waals surface area (Å²) in [5.74, 6) is 0.492. The maximum atomic E-state index is 12.7. The Morgan fingerprint density at radius 1 is 1.07 bits per heavy atom. The Labute approximate surface area is 168 Å². The zero-order chi connectivity index (χ0) is 20.0. The Hall–Kier alpha value is -3.35. The molecule has 7 heteroatoms. The number of aryl methyl sites for hydroxylation is 1. The maximum Gasteiger partial charge on any atom is 0.250 e. The number of primary amides is 1. The number of imidazole rings is 1. The Balaban J connectivity index is 1.28. The molecule has 0 saturated carbocycles. The quantitative estimate of drug-likeness (QED) is 0.698. The normalized spacial score (nSPS) is 20.6. The summed E-state index contributed by atoms with van der Waals surface area (Å²) in [5.41, 5.74) is 8.50. The van der Waals surface area contributed by atoms with Crippen LogP contribution >= 0.6 is 0 Å². The molecule has 7 nitrogen and oxygen atoms in total. The number of aromatic nitrogens is 2. The molecule has 2 atom stereocenters. The minimum Gasteiger partial charge on any atom is -0.366 e. The fourth-order valence-corrected chi connectivity index (χ4v) is 4.63. The molecule has 2 aromatic carbocycles. The number of benzene rings is 2. The molecule has 29 heavy (non-hydrogen) atoms. The highest BCUT2D eigenvalue weighted by Crippen LogP contribution is 2.35. The van der Waals surface area contributed by atoms with Gasteiger partial charge >= 0.3 is 0 Å². The molecule has 2 saturated heterocycles. The van der Waals surface area contributed by atoms with Crippen LogP contribution < -0.4 is 10.6 Å². The first kappa shape index (κ1) is 17.7. The van der Waals surface area contributed by atoms with E-state index in [9.17, 15) is 9.59 Å². The summed E-state index contributed by atoms with van der Waals surface area (Å²) in [7, 11) is 0. The monoisotopic (exact) mass is 389 g/mol. The summed E-state index contributed by atoms with van der Waals surface area (Å²) in [5, 5.41) is 0. The van der Waals surface area contributed by atoms with E-state index in [1.807, 2.05) is 29.2 Å². The lowest BCUT2D eigenvalue weighted by molar-refractivity contribution is -0.132. The van der Waals surface area contributed by atoms with Crippen molar-refractivity contribution in [1.29, 1.82) is 0 Å². The van der Waals surface area contributed by atoms with Gasteiger partial charge in [0, 0.05) is 19.5 Å². The minimum absolute atomic E-state index is 0.215. The van der Waals surface area contributed by atoms with Crippen LogP contribution in [-0.4, -0.2) is 51.9 Å². The van der Waals surface area contributed by atoms with Gasteiger partial charge in [-0.25, -0.2) is 4.98 Å². The van der Waals surface area contributed by atoms with Crippen molar-refractivity contribution in [2.45, 2.75) is 31.3 Å². The number of piperazine rings is 1.